The van der Waals surface area contributed by atoms with E-state index >= 15 is 0 Å². The molecule has 5 nitrogen and oxygen atoms in total. The van der Waals surface area contributed by atoms with Gasteiger partial charge in [0, 0.05) is 17.8 Å². The number of hydrogen-bond acceptors (Lipinski definition) is 4. The summed E-state index contributed by atoms with van der Waals surface area (Å²) in [4.78, 5) is 21.7. The van der Waals surface area contributed by atoms with E-state index < -0.39 is 0 Å². The van der Waals surface area contributed by atoms with Gasteiger partial charge in [-0.1, -0.05) is 24.3 Å². The fourth-order valence-electron chi connectivity index (χ4n) is 2.54. The Kier molecular flexibility index (Phi) is 4.93. The van der Waals surface area contributed by atoms with Crippen LogP contribution in [0.25, 0.3) is 11.5 Å². The molecule has 0 aliphatic heterocycles. The molecule has 5 heteroatoms. The molecule has 0 aliphatic rings. The third kappa shape index (κ3) is 3.94. The Bertz CT molecular complexity index is 937. The van der Waals surface area contributed by atoms with Gasteiger partial charge in [-0.15, -0.1) is 0 Å². The summed E-state index contributed by atoms with van der Waals surface area (Å²) in [5, 5.41) is 0. The first kappa shape index (κ1) is 16.9. The highest BCUT2D eigenvalue weighted by atomic mass is 16.4. The smallest absolute Gasteiger partial charge is 0.238 e. The second-order valence-corrected chi connectivity index (χ2v) is 6.11. The van der Waals surface area contributed by atoms with Crippen molar-refractivity contribution >= 4 is 5.91 Å². The van der Waals surface area contributed by atoms with Crippen molar-refractivity contribution in [3.05, 3.63) is 71.7 Å². The molecule has 1 aromatic carbocycles. The van der Waals surface area contributed by atoms with Gasteiger partial charge in [0.15, 0.2) is 0 Å². The highest BCUT2D eigenvalue weighted by molar-refractivity contribution is 5.81. The summed E-state index contributed by atoms with van der Waals surface area (Å²) in [6.45, 7) is 5.79. The first-order valence-corrected chi connectivity index (χ1v) is 8.31. The van der Waals surface area contributed by atoms with E-state index in [0.29, 0.717) is 22.8 Å². The van der Waals surface area contributed by atoms with Crippen molar-refractivity contribution in [3.8, 4) is 11.5 Å². The normalized spacial score (nSPS) is 11.9. The minimum Gasteiger partial charge on any atom is -0.441 e. The van der Waals surface area contributed by atoms with Gasteiger partial charge in [-0.3, -0.25) is 14.4 Å². The number of nitrogens with zero attached hydrogens (tertiary/aromatic N) is 3. The summed E-state index contributed by atoms with van der Waals surface area (Å²) in [6, 6.07) is 15.3. The van der Waals surface area contributed by atoms with Crippen LogP contribution < -0.4 is 5.49 Å². The van der Waals surface area contributed by atoms with Crippen molar-refractivity contribution in [1.82, 2.24) is 9.55 Å². The fourth-order valence-corrected chi connectivity index (χ4v) is 2.54. The van der Waals surface area contributed by atoms with Crippen LogP contribution in [0.15, 0.2) is 64.1 Å². The van der Waals surface area contributed by atoms with Crippen molar-refractivity contribution in [2.45, 2.75) is 33.2 Å². The molecule has 2 aromatic heterocycles. The van der Waals surface area contributed by atoms with Gasteiger partial charge < -0.3 is 4.42 Å². The third-order valence-electron chi connectivity index (χ3n) is 3.73. The van der Waals surface area contributed by atoms with Gasteiger partial charge >= 0.3 is 0 Å². The molecule has 0 unspecified atom stereocenters. The van der Waals surface area contributed by atoms with Crippen LogP contribution in [0, 0.1) is 6.92 Å². The van der Waals surface area contributed by atoms with Crippen LogP contribution in [0.5, 0.6) is 0 Å². The minimum absolute atomic E-state index is 0.0870. The molecule has 0 saturated carbocycles. The van der Waals surface area contributed by atoms with Gasteiger partial charge in [0.05, 0.1) is 12.1 Å². The maximum Gasteiger partial charge on any atom is 0.238 e. The van der Waals surface area contributed by atoms with Crippen molar-refractivity contribution in [3.63, 3.8) is 0 Å². The Morgan fingerprint density at radius 2 is 1.88 bits per heavy atom. The van der Waals surface area contributed by atoms with Crippen molar-refractivity contribution < 1.29 is 9.21 Å². The molecule has 128 valence electrons. The number of rotatable bonds is 4. The van der Waals surface area contributed by atoms with Crippen molar-refractivity contribution in [2.75, 3.05) is 0 Å². The first-order valence-electron chi connectivity index (χ1n) is 8.31. The number of hydrogen-bond donors (Lipinski definition) is 0. The zero-order valence-electron chi connectivity index (χ0n) is 14.6. The summed E-state index contributed by atoms with van der Waals surface area (Å²) in [5.41, 5.74) is 2.19. The lowest BCUT2D eigenvalue weighted by atomic mass is 10.2. The first-order chi connectivity index (χ1) is 12.0. The van der Waals surface area contributed by atoms with Gasteiger partial charge in [0.2, 0.25) is 11.8 Å². The molecule has 0 saturated heterocycles. The Balaban J connectivity index is 1.89. The standard InChI is InChI=1S/C20H21N3O2/c1-14(2)21-18-11-7-8-12-23(18)19(24)13-17-15(3)25-20(22-17)16-9-5-4-6-10-16/h4-12,14H,13H2,1-3H3. The maximum absolute atomic E-state index is 12.7. The number of benzene rings is 1. The zero-order chi connectivity index (χ0) is 17.8. The Labute approximate surface area is 146 Å². The van der Waals surface area contributed by atoms with Gasteiger partial charge in [-0.25, -0.2) is 4.98 Å². The van der Waals surface area contributed by atoms with Crippen LogP contribution in [0.3, 0.4) is 0 Å². The van der Waals surface area contributed by atoms with Crippen LogP contribution in [0.4, 0.5) is 0 Å². The molecule has 0 amide bonds. The highest BCUT2D eigenvalue weighted by Gasteiger charge is 2.16. The fraction of sp³-hybridized carbons (Fsp3) is 0.250. The Morgan fingerprint density at radius 1 is 1.16 bits per heavy atom. The van der Waals surface area contributed by atoms with Gasteiger partial charge in [0.25, 0.3) is 0 Å². The highest BCUT2D eigenvalue weighted by Crippen LogP contribution is 2.21. The van der Waals surface area contributed by atoms with E-state index in [9.17, 15) is 4.79 Å². The predicted octanol–water partition coefficient (Wildman–Crippen LogP) is 3.64. The van der Waals surface area contributed by atoms with Crippen molar-refractivity contribution in [1.29, 1.82) is 0 Å². The van der Waals surface area contributed by atoms with Gasteiger partial charge in [-0.05, 0) is 45.0 Å². The summed E-state index contributed by atoms with van der Waals surface area (Å²) in [7, 11) is 0. The number of oxazole rings is 1. The molecule has 25 heavy (non-hydrogen) atoms. The molecule has 3 aromatic rings. The van der Waals surface area contributed by atoms with Gasteiger partial charge in [-0.2, -0.15) is 0 Å². The van der Waals surface area contributed by atoms with Crippen LogP contribution in [0.1, 0.15) is 30.1 Å². The number of carbonyl (C=O) groups is 1. The summed E-state index contributed by atoms with van der Waals surface area (Å²) >= 11 is 0. The number of pyridine rings is 1. The molecule has 2 heterocycles. The van der Waals surface area contributed by atoms with Crippen LogP contribution in [0.2, 0.25) is 0 Å². The van der Waals surface area contributed by atoms with Crippen molar-refractivity contribution in [2.24, 2.45) is 4.99 Å². The molecule has 0 fully saturated rings. The molecular weight excluding hydrogens is 314 g/mol. The van der Waals surface area contributed by atoms with Crippen LogP contribution in [-0.4, -0.2) is 21.5 Å². The quantitative estimate of drug-likeness (QED) is 0.731. The lowest BCUT2D eigenvalue weighted by Crippen LogP contribution is -2.28. The van der Waals surface area contributed by atoms with E-state index in [4.69, 9.17) is 4.42 Å². The average Bonchev–Trinajstić information content (AvgIpc) is 2.96. The molecule has 0 atom stereocenters. The average molecular weight is 335 g/mol. The largest absolute Gasteiger partial charge is 0.441 e. The monoisotopic (exact) mass is 335 g/mol. The molecular formula is C20H21N3O2. The molecule has 0 spiro atoms. The molecule has 0 radical (unpaired) electrons. The summed E-state index contributed by atoms with van der Waals surface area (Å²) in [6.07, 6.45) is 1.90. The Morgan fingerprint density at radius 3 is 2.60 bits per heavy atom. The molecule has 0 aliphatic carbocycles. The number of carbonyl (C=O) groups excluding carboxylic acids is 1. The van der Waals surface area contributed by atoms with E-state index in [1.807, 2.05) is 69.3 Å². The van der Waals surface area contributed by atoms with E-state index in [-0.39, 0.29) is 18.4 Å². The third-order valence-corrected chi connectivity index (χ3v) is 3.73. The Hall–Kier alpha value is -2.95. The lowest BCUT2D eigenvalue weighted by Gasteiger charge is -2.06. The summed E-state index contributed by atoms with van der Waals surface area (Å²) < 4.78 is 7.30. The number of aryl methyl sites for hydroxylation is 1. The lowest BCUT2D eigenvalue weighted by molar-refractivity contribution is 0.0907. The molecule has 0 bridgehead atoms. The van der Waals surface area contributed by atoms with E-state index in [1.54, 1.807) is 10.8 Å². The summed E-state index contributed by atoms with van der Waals surface area (Å²) in [5.74, 6) is 1.10. The second-order valence-electron chi connectivity index (χ2n) is 6.11. The molecule has 3 rings (SSSR count). The van der Waals surface area contributed by atoms with E-state index in [0.717, 1.165) is 5.56 Å². The van der Waals surface area contributed by atoms with E-state index in [2.05, 4.69) is 9.98 Å². The van der Waals surface area contributed by atoms with E-state index in [1.165, 1.54) is 0 Å². The number of aromatic nitrogens is 2. The topological polar surface area (TPSA) is 60.4 Å². The zero-order valence-corrected chi connectivity index (χ0v) is 14.6. The molecule has 0 N–H and O–H groups in total. The minimum atomic E-state index is -0.0870. The second kappa shape index (κ2) is 7.30. The van der Waals surface area contributed by atoms with Crippen LogP contribution in [-0.2, 0) is 6.42 Å². The SMILES string of the molecule is Cc1oc(-c2ccccc2)nc1CC(=O)n1ccccc1=NC(C)C. The van der Waals surface area contributed by atoms with Crippen LogP contribution >= 0.6 is 0 Å². The predicted molar refractivity (Wildman–Crippen MR) is 96.1 cm³/mol. The van der Waals surface area contributed by atoms with Gasteiger partial charge in [0.1, 0.15) is 11.2 Å². The maximum atomic E-state index is 12.7.